The van der Waals surface area contributed by atoms with Crippen molar-refractivity contribution in [1.82, 2.24) is 4.90 Å². The van der Waals surface area contributed by atoms with Crippen LogP contribution in [0.25, 0.3) is 15.7 Å². The Morgan fingerprint density at radius 2 is 2.10 bits per heavy atom. The average Bonchev–Trinajstić information content (AvgIpc) is 3.05. The summed E-state index contributed by atoms with van der Waals surface area (Å²) in [6.45, 7) is 1.13. The van der Waals surface area contributed by atoms with Gasteiger partial charge in [0.15, 0.2) is 0 Å². The van der Waals surface area contributed by atoms with E-state index in [0.29, 0.717) is 0 Å². The predicted octanol–water partition coefficient (Wildman–Crippen LogP) is 5.04. The number of nitrogens with zero attached hydrogens (tertiary/aromatic N) is 1. The Morgan fingerprint density at radius 3 is 2.95 bits per heavy atom. The van der Waals surface area contributed by atoms with Crippen molar-refractivity contribution in [3.8, 4) is 0 Å². The lowest BCUT2D eigenvalue weighted by Crippen LogP contribution is -2.21. The number of fused-ring (bicyclic) bond motifs is 3. The molecular formula is C19H23NS. The highest BCUT2D eigenvalue weighted by atomic mass is 32.1. The highest BCUT2D eigenvalue weighted by molar-refractivity contribution is 7.17. The highest BCUT2D eigenvalue weighted by Crippen LogP contribution is 2.50. The normalized spacial score (nSPS) is 25.3. The van der Waals surface area contributed by atoms with Crippen LogP contribution < -0.4 is 0 Å². The third-order valence-corrected chi connectivity index (χ3v) is 6.11. The van der Waals surface area contributed by atoms with E-state index in [1.54, 1.807) is 11.1 Å². The maximum Gasteiger partial charge on any atom is 0.0417 e. The van der Waals surface area contributed by atoms with E-state index in [1.807, 2.05) is 11.3 Å². The number of thiophene rings is 1. The summed E-state index contributed by atoms with van der Waals surface area (Å²) in [5.41, 5.74) is 4.94. The van der Waals surface area contributed by atoms with Gasteiger partial charge in [0, 0.05) is 11.2 Å². The summed E-state index contributed by atoms with van der Waals surface area (Å²) in [5.74, 6) is 1.77. The number of hydrogen-bond acceptors (Lipinski definition) is 2. The van der Waals surface area contributed by atoms with Crippen molar-refractivity contribution in [2.24, 2.45) is 11.8 Å². The van der Waals surface area contributed by atoms with E-state index in [9.17, 15) is 0 Å². The van der Waals surface area contributed by atoms with E-state index in [1.165, 1.54) is 41.3 Å². The Morgan fingerprint density at radius 1 is 1.19 bits per heavy atom. The van der Waals surface area contributed by atoms with Crippen LogP contribution >= 0.6 is 11.3 Å². The number of benzene rings is 1. The fraction of sp³-hybridized carbons (Fsp3) is 0.474. The van der Waals surface area contributed by atoms with Gasteiger partial charge in [-0.15, -0.1) is 11.3 Å². The molecule has 1 aromatic carbocycles. The van der Waals surface area contributed by atoms with E-state index in [-0.39, 0.29) is 0 Å². The van der Waals surface area contributed by atoms with Crippen LogP contribution in [0.3, 0.4) is 0 Å². The Bertz CT molecular complexity index is 694. The van der Waals surface area contributed by atoms with Gasteiger partial charge in [0.05, 0.1) is 0 Å². The quantitative estimate of drug-likeness (QED) is 0.767. The van der Waals surface area contributed by atoms with Crippen LogP contribution in [-0.4, -0.2) is 25.5 Å². The minimum absolute atomic E-state index is 0.811. The molecule has 21 heavy (non-hydrogen) atoms. The van der Waals surface area contributed by atoms with Crippen molar-refractivity contribution in [3.63, 3.8) is 0 Å². The summed E-state index contributed by atoms with van der Waals surface area (Å²) in [7, 11) is 4.40. The van der Waals surface area contributed by atoms with Crippen LogP contribution in [0.5, 0.6) is 0 Å². The van der Waals surface area contributed by atoms with Crippen LogP contribution in [0.1, 0.15) is 31.2 Å². The lowest BCUT2D eigenvalue weighted by molar-refractivity contribution is 0.413. The third kappa shape index (κ3) is 2.35. The summed E-state index contributed by atoms with van der Waals surface area (Å²) in [4.78, 5) is 2.34. The molecule has 2 atom stereocenters. The first-order valence-electron chi connectivity index (χ1n) is 8.05. The first-order chi connectivity index (χ1) is 10.2. The molecular weight excluding hydrogens is 274 g/mol. The molecule has 2 aliphatic carbocycles. The third-order valence-electron chi connectivity index (χ3n) is 5.14. The molecule has 2 aromatic rings. The largest absolute Gasteiger partial charge is 0.305 e. The van der Waals surface area contributed by atoms with Crippen LogP contribution in [0.4, 0.5) is 0 Å². The second-order valence-corrected chi connectivity index (χ2v) is 7.90. The van der Waals surface area contributed by atoms with E-state index < -0.39 is 0 Å². The number of hydrogen-bond donors (Lipinski definition) is 0. The smallest absolute Gasteiger partial charge is 0.0417 e. The van der Waals surface area contributed by atoms with E-state index in [2.05, 4.69) is 48.6 Å². The first kappa shape index (κ1) is 13.5. The molecule has 1 fully saturated rings. The summed E-state index contributed by atoms with van der Waals surface area (Å²) in [5, 5.41) is 3.65. The summed E-state index contributed by atoms with van der Waals surface area (Å²) < 4.78 is 1.49. The van der Waals surface area contributed by atoms with Crippen molar-refractivity contribution in [2.75, 3.05) is 20.6 Å². The molecule has 0 saturated heterocycles. The molecule has 0 unspecified atom stereocenters. The van der Waals surface area contributed by atoms with Gasteiger partial charge in [-0.1, -0.05) is 23.8 Å². The number of likely N-dealkylation sites (N-methyl/N-ethyl adjacent to an activating group) is 1. The summed E-state index contributed by atoms with van der Waals surface area (Å²) >= 11 is 1.91. The Hall–Kier alpha value is -1.12. The number of rotatable bonds is 3. The van der Waals surface area contributed by atoms with Crippen molar-refractivity contribution >= 4 is 27.0 Å². The maximum absolute atomic E-state index is 2.36. The van der Waals surface area contributed by atoms with Gasteiger partial charge >= 0.3 is 0 Å². The van der Waals surface area contributed by atoms with E-state index in [0.717, 1.165) is 18.4 Å². The van der Waals surface area contributed by atoms with Gasteiger partial charge in [0.2, 0.25) is 0 Å². The van der Waals surface area contributed by atoms with Crippen molar-refractivity contribution in [1.29, 1.82) is 0 Å². The second kappa shape index (κ2) is 5.26. The second-order valence-electron chi connectivity index (χ2n) is 6.98. The van der Waals surface area contributed by atoms with Gasteiger partial charge in [-0.25, -0.2) is 0 Å². The SMILES string of the molecule is CN(C)CC1=C(c2cccc3ccsc23)[C@H]2CC[C@H](C1)C2. The molecule has 1 heterocycles. The van der Waals surface area contributed by atoms with Crippen LogP contribution in [-0.2, 0) is 0 Å². The Balaban J connectivity index is 1.89. The molecule has 0 radical (unpaired) electrons. The molecule has 2 heteroatoms. The molecule has 2 aliphatic rings. The fourth-order valence-electron chi connectivity index (χ4n) is 4.42. The highest BCUT2D eigenvalue weighted by Gasteiger charge is 2.35. The van der Waals surface area contributed by atoms with Crippen LogP contribution in [0.15, 0.2) is 35.2 Å². The number of allylic oxidation sites excluding steroid dienone is 1. The monoisotopic (exact) mass is 297 g/mol. The molecule has 1 aromatic heterocycles. The molecule has 1 saturated carbocycles. The topological polar surface area (TPSA) is 3.24 Å². The summed E-state index contributed by atoms with van der Waals surface area (Å²) in [6, 6.07) is 9.12. The van der Waals surface area contributed by atoms with Crippen molar-refractivity contribution < 1.29 is 0 Å². The Kier molecular flexibility index (Phi) is 3.39. The summed E-state index contributed by atoms with van der Waals surface area (Å²) in [6.07, 6.45) is 5.59. The predicted molar refractivity (Wildman–Crippen MR) is 92.7 cm³/mol. The molecule has 2 bridgehead atoms. The molecule has 0 N–H and O–H groups in total. The van der Waals surface area contributed by atoms with Crippen molar-refractivity contribution in [3.05, 3.63) is 40.8 Å². The average molecular weight is 297 g/mol. The molecule has 1 nitrogen and oxygen atoms in total. The minimum atomic E-state index is 0.811. The van der Waals surface area contributed by atoms with Crippen molar-refractivity contribution in [2.45, 2.75) is 25.7 Å². The van der Waals surface area contributed by atoms with Gasteiger partial charge < -0.3 is 4.90 Å². The zero-order chi connectivity index (χ0) is 14.4. The fourth-order valence-corrected chi connectivity index (χ4v) is 5.34. The molecule has 0 amide bonds. The Labute approximate surface area is 131 Å². The molecule has 110 valence electrons. The van der Waals surface area contributed by atoms with Gasteiger partial charge in [-0.05, 0) is 79.6 Å². The van der Waals surface area contributed by atoms with Gasteiger partial charge in [0.1, 0.15) is 0 Å². The zero-order valence-corrected chi connectivity index (χ0v) is 13.7. The van der Waals surface area contributed by atoms with Gasteiger partial charge in [-0.2, -0.15) is 0 Å². The van der Waals surface area contributed by atoms with Gasteiger partial charge in [0.25, 0.3) is 0 Å². The molecule has 0 aliphatic heterocycles. The first-order valence-corrected chi connectivity index (χ1v) is 8.93. The maximum atomic E-state index is 2.36. The van der Waals surface area contributed by atoms with E-state index >= 15 is 0 Å². The van der Waals surface area contributed by atoms with Gasteiger partial charge in [-0.3, -0.25) is 0 Å². The molecule has 0 spiro atoms. The van der Waals surface area contributed by atoms with Crippen LogP contribution in [0.2, 0.25) is 0 Å². The zero-order valence-electron chi connectivity index (χ0n) is 12.9. The van der Waals surface area contributed by atoms with Crippen LogP contribution in [0, 0.1) is 11.8 Å². The molecule has 4 rings (SSSR count). The standard InChI is InChI=1S/C19H23NS/c1-20(2)12-16-11-13-6-7-15(10-13)18(16)17-5-3-4-14-8-9-21-19(14)17/h3-5,8-9,13,15H,6-7,10-12H2,1-2H3/t13-,15-/m0/s1. The lowest BCUT2D eigenvalue weighted by Gasteiger charge is -2.29. The lowest BCUT2D eigenvalue weighted by atomic mass is 9.79. The minimum Gasteiger partial charge on any atom is -0.305 e. The van der Waals surface area contributed by atoms with E-state index in [4.69, 9.17) is 0 Å².